The van der Waals surface area contributed by atoms with Crippen molar-refractivity contribution in [2.45, 2.75) is 33.6 Å². The first-order valence-corrected chi connectivity index (χ1v) is 7.16. The van der Waals surface area contributed by atoms with Crippen LogP contribution in [0.15, 0.2) is 24.3 Å². The lowest BCUT2D eigenvalue weighted by atomic mass is 10.1. The average Bonchev–Trinajstić information content (AvgIpc) is 2.44. The zero-order valence-corrected chi connectivity index (χ0v) is 12.6. The molecule has 0 saturated heterocycles. The monoisotopic (exact) mass is 276 g/mol. The minimum Gasteiger partial charge on any atom is -0.355 e. The number of benzene rings is 1. The molecule has 4 nitrogen and oxygen atoms in total. The van der Waals surface area contributed by atoms with Crippen LogP contribution in [0.25, 0.3) is 0 Å². The van der Waals surface area contributed by atoms with Crippen molar-refractivity contribution in [1.29, 1.82) is 0 Å². The lowest BCUT2D eigenvalue weighted by Gasteiger charge is -2.20. The van der Waals surface area contributed by atoms with E-state index in [0.717, 1.165) is 5.56 Å². The van der Waals surface area contributed by atoms with E-state index < -0.39 is 0 Å². The van der Waals surface area contributed by atoms with Gasteiger partial charge < -0.3 is 10.2 Å². The molecule has 0 aliphatic heterocycles. The van der Waals surface area contributed by atoms with E-state index in [1.54, 1.807) is 4.90 Å². The third kappa shape index (κ3) is 5.43. The van der Waals surface area contributed by atoms with Crippen LogP contribution in [0.1, 0.15) is 31.4 Å². The Morgan fingerprint density at radius 2 is 1.80 bits per heavy atom. The van der Waals surface area contributed by atoms with E-state index in [1.165, 1.54) is 5.56 Å². The van der Waals surface area contributed by atoms with E-state index in [9.17, 15) is 9.59 Å². The first-order chi connectivity index (χ1) is 9.56. The molecular formula is C16H24N2O2. The molecule has 0 aromatic heterocycles. The predicted molar refractivity (Wildman–Crippen MR) is 80.4 cm³/mol. The summed E-state index contributed by atoms with van der Waals surface area (Å²) in [5.74, 6) is -0.0719. The molecule has 1 rings (SSSR count). The second-order valence-corrected chi connectivity index (χ2v) is 4.85. The van der Waals surface area contributed by atoms with Crippen LogP contribution >= 0.6 is 0 Å². The molecule has 4 heteroatoms. The summed E-state index contributed by atoms with van der Waals surface area (Å²) in [6, 6.07) is 8.18. The zero-order chi connectivity index (χ0) is 15.0. The Morgan fingerprint density at radius 1 is 1.15 bits per heavy atom. The predicted octanol–water partition coefficient (Wildman–Crippen LogP) is 1.91. The minimum absolute atomic E-state index is 0.0272. The van der Waals surface area contributed by atoms with Crippen molar-refractivity contribution in [2.75, 3.05) is 19.6 Å². The van der Waals surface area contributed by atoms with Crippen molar-refractivity contribution in [3.63, 3.8) is 0 Å². The summed E-state index contributed by atoms with van der Waals surface area (Å²) in [4.78, 5) is 25.2. The molecule has 0 radical (unpaired) electrons. The Bertz CT molecular complexity index is 440. The van der Waals surface area contributed by atoms with Gasteiger partial charge in [0.1, 0.15) is 0 Å². The number of amides is 2. The standard InChI is InChI=1S/C16H24N2O2/c1-4-17-15(19)12-18(5-2)16(20)11-10-14-8-6-13(3)7-9-14/h6-9H,4-5,10-12H2,1-3H3,(H,17,19). The van der Waals surface area contributed by atoms with Crippen molar-refractivity contribution >= 4 is 11.8 Å². The highest BCUT2D eigenvalue weighted by atomic mass is 16.2. The van der Waals surface area contributed by atoms with E-state index in [1.807, 2.05) is 45.0 Å². The van der Waals surface area contributed by atoms with Gasteiger partial charge in [0.05, 0.1) is 6.54 Å². The molecule has 20 heavy (non-hydrogen) atoms. The smallest absolute Gasteiger partial charge is 0.239 e. The topological polar surface area (TPSA) is 49.4 Å². The maximum absolute atomic E-state index is 12.1. The minimum atomic E-state index is -0.0990. The first kappa shape index (κ1) is 16.2. The Balaban J connectivity index is 2.46. The second kappa shape index (κ2) is 8.35. The number of nitrogens with one attached hydrogen (secondary N) is 1. The van der Waals surface area contributed by atoms with Crippen LogP contribution in [0.4, 0.5) is 0 Å². The number of likely N-dealkylation sites (N-methyl/N-ethyl adjacent to an activating group) is 2. The molecule has 0 fully saturated rings. The Hall–Kier alpha value is -1.84. The third-order valence-electron chi connectivity index (χ3n) is 3.19. The maximum Gasteiger partial charge on any atom is 0.239 e. The SMILES string of the molecule is CCNC(=O)CN(CC)C(=O)CCc1ccc(C)cc1. The average molecular weight is 276 g/mol. The molecular weight excluding hydrogens is 252 g/mol. The highest BCUT2D eigenvalue weighted by Gasteiger charge is 2.14. The second-order valence-electron chi connectivity index (χ2n) is 4.85. The van der Waals surface area contributed by atoms with Gasteiger partial charge >= 0.3 is 0 Å². The largest absolute Gasteiger partial charge is 0.355 e. The fourth-order valence-electron chi connectivity index (χ4n) is 1.97. The normalized spacial score (nSPS) is 10.2. The van der Waals surface area contributed by atoms with E-state index in [4.69, 9.17) is 0 Å². The van der Waals surface area contributed by atoms with Crippen LogP contribution in [0.2, 0.25) is 0 Å². The summed E-state index contributed by atoms with van der Waals surface area (Å²) in [6.07, 6.45) is 1.15. The molecule has 1 aromatic carbocycles. The van der Waals surface area contributed by atoms with E-state index in [2.05, 4.69) is 5.32 Å². The number of aryl methyl sites for hydroxylation is 2. The third-order valence-corrected chi connectivity index (χ3v) is 3.19. The molecule has 0 bridgehead atoms. The van der Waals surface area contributed by atoms with Gasteiger partial charge in [-0.3, -0.25) is 9.59 Å². The van der Waals surface area contributed by atoms with Gasteiger partial charge in [0.25, 0.3) is 0 Å². The van der Waals surface area contributed by atoms with Gasteiger partial charge in [-0.1, -0.05) is 29.8 Å². The molecule has 110 valence electrons. The lowest BCUT2D eigenvalue weighted by Crippen LogP contribution is -2.40. The summed E-state index contributed by atoms with van der Waals surface area (Å²) >= 11 is 0. The Kier molecular flexibility index (Phi) is 6.77. The number of carbonyl (C=O) groups excluding carboxylic acids is 2. The first-order valence-electron chi connectivity index (χ1n) is 7.16. The molecule has 0 saturated carbocycles. The van der Waals surface area contributed by atoms with Crippen LogP contribution in [-0.4, -0.2) is 36.3 Å². The highest BCUT2D eigenvalue weighted by molar-refractivity contribution is 5.84. The highest BCUT2D eigenvalue weighted by Crippen LogP contribution is 2.07. The zero-order valence-electron chi connectivity index (χ0n) is 12.6. The maximum atomic E-state index is 12.1. The van der Waals surface area contributed by atoms with Gasteiger partial charge in [0, 0.05) is 19.5 Å². The quantitative estimate of drug-likeness (QED) is 0.827. The molecule has 2 amide bonds. The summed E-state index contributed by atoms with van der Waals surface area (Å²) in [7, 11) is 0. The van der Waals surface area contributed by atoms with Gasteiger partial charge in [-0.25, -0.2) is 0 Å². The van der Waals surface area contributed by atoms with E-state index in [0.29, 0.717) is 25.9 Å². The van der Waals surface area contributed by atoms with Gasteiger partial charge in [-0.15, -0.1) is 0 Å². The van der Waals surface area contributed by atoms with Gasteiger partial charge in [0.15, 0.2) is 0 Å². The molecule has 0 aliphatic carbocycles. The molecule has 0 heterocycles. The molecule has 1 N–H and O–H groups in total. The van der Waals surface area contributed by atoms with Crippen molar-refractivity contribution in [3.8, 4) is 0 Å². The number of nitrogens with zero attached hydrogens (tertiary/aromatic N) is 1. The van der Waals surface area contributed by atoms with Gasteiger partial charge in [0.2, 0.25) is 11.8 Å². The van der Waals surface area contributed by atoms with Crippen LogP contribution < -0.4 is 5.32 Å². The van der Waals surface area contributed by atoms with Crippen molar-refractivity contribution in [1.82, 2.24) is 10.2 Å². The summed E-state index contributed by atoms with van der Waals surface area (Å²) in [5.41, 5.74) is 2.37. The molecule has 0 atom stereocenters. The van der Waals surface area contributed by atoms with Crippen LogP contribution in [0.3, 0.4) is 0 Å². The van der Waals surface area contributed by atoms with Crippen LogP contribution in [-0.2, 0) is 16.0 Å². The van der Waals surface area contributed by atoms with E-state index in [-0.39, 0.29) is 18.4 Å². The summed E-state index contributed by atoms with van der Waals surface area (Å²) in [6.45, 7) is 7.10. The van der Waals surface area contributed by atoms with Crippen molar-refractivity contribution < 1.29 is 9.59 Å². The summed E-state index contributed by atoms with van der Waals surface area (Å²) < 4.78 is 0. The molecule has 1 aromatic rings. The van der Waals surface area contributed by atoms with Crippen LogP contribution in [0.5, 0.6) is 0 Å². The Morgan fingerprint density at radius 3 is 2.35 bits per heavy atom. The lowest BCUT2D eigenvalue weighted by molar-refractivity contribution is -0.135. The fraction of sp³-hybridized carbons (Fsp3) is 0.500. The van der Waals surface area contributed by atoms with Crippen LogP contribution in [0, 0.1) is 6.92 Å². The molecule has 0 unspecified atom stereocenters. The number of hydrogen-bond donors (Lipinski definition) is 1. The number of carbonyl (C=O) groups is 2. The summed E-state index contributed by atoms with van der Waals surface area (Å²) in [5, 5.41) is 2.71. The van der Waals surface area contributed by atoms with Gasteiger partial charge in [-0.05, 0) is 32.8 Å². The molecule has 0 spiro atoms. The van der Waals surface area contributed by atoms with E-state index >= 15 is 0 Å². The van der Waals surface area contributed by atoms with Gasteiger partial charge in [-0.2, -0.15) is 0 Å². The number of rotatable bonds is 7. The Labute approximate surface area is 121 Å². The fourth-order valence-corrected chi connectivity index (χ4v) is 1.97. The van der Waals surface area contributed by atoms with Crippen molar-refractivity contribution in [3.05, 3.63) is 35.4 Å². The molecule has 0 aliphatic rings. The number of hydrogen-bond acceptors (Lipinski definition) is 2. The van der Waals surface area contributed by atoms with Crippen molar-refractivity contribution in [2.24, 2.45) is 0 Å².